The Balaban J connectivity index is 1.86. The SMILES string of the molecule is CCN(C(=O)OCc1ccccc1)[C@H]1CC[C@@H]1NC(=O)OC(C)(C)C. The number of hydrogen-bond donors (Lipinski definition) is 1. The summed E-state index contributed by atoms with van der Waals surface area (Å²) in [5.74, 6) is 0. The van der Waals surface area contributed by atoms with Crippen molar-refractivity contribution in [3.8, 4) is 0 Å². The molecule has 0 radical (unpaired) electrons. The normalized spacial score (nSPS) is 19.5. The largest absolute Gasteiger partial charge is 0.445 e. The number of alkyl carbamates (subject to hydrolysis) is 1. The minimum atomic E-state index is -0.539. The third-order valence-corrected chi connectivity index (χ3v) is 4.12. The highest BCUT2D eigenvalue weighted by Crippen LogP contribution is 2.27. The molecule has 1 saturated carbocycles. The van der Waals surface area contributed by atoms with Crippen molar-refractivity contribution in [2.24, 2.45) is 0 Å². The molecule has 0 unspecified atom stereocenters. The van der Waals surface area contributed by atoms with Gasteiger partial charge in [0.2, 0.25) is 0 Å². The third kappa shape index (κ3) is 5.66. The fourth-order valence-electron chi connectivity index (χ4n) is 2.78. The predicted octanol–water partition coefficient (Wildman–Crippen LogP) is 3.70. The summed E-state index contributed by atoms with van der Waals surface area (Å²) in [6, 6.07) is 9.42. The molecule has 2 atom stereocenters. The first-order chi connectivity index (χ1) is 11.8. The highest BCUT2D eigenvalue weighted by molar-refractivity contribution is 5.70. The van der Waals surface area contributed by atoms with Crippen LogP contribution in [0.2, 0.25) is 0 Å². The van der Waals surface area contributed by atoms with Crippen LogP contribution in [0.1, 0.15) is 46.1 Å². The first-order valence-corrected chi connectivity index (χ1v) is 8.77. The Morgan fingerprint density at radius 1 is 1.20 bits per heavy atom. The van der Waals surface area contributed by atoms with Crippen molar-refractivity contribution >= 4 is 12.2 Å². The number of likely N-dealkylation sites (N-methyl/N-ethyl adjacent to an activating group) is 1. The highest BCUT2D eigenvalue weighted by Gasteiger charge is 2.39. The van der Waals surface area contributed by atoms with E-state index in [1.807, 2.05) is 58.0 Å². The summed E-state index contributed by atoms with van der Waals surface area (Å²) >= 11 is 0. The van der Waals surface area contributed by atoms with E-state index in [1.54, 1.807) is 4.90 Å². The minimum absolute atomic E-state index is 0.0548. The number of ether oxygens (including phenoxy) is 2. The molecular weight excluding hydrogens is 320 g/mol. The zero-order chi connectivity index (χ0) is 18.4. The molecule has 1 fully saturated rings. The van der Waals surface area contributed by atoms with Crippen molar-refractivity contribution in [1.82, 2.24) is 10.2 Å². The molecule has 2 amide bonds. The summed E-state index contributed by atoms with van der Waals surface area (Å²) in [6.45, 7) is 8.16. The van der Waals surface area contributed by atoms with Crippen LogP contribution < -0.4 is 5.32 Å². The zero-order valence-electron chi connectivity index (χ0n) is 15.5. The summed E-state index contributed by atoms with van der Waals surface area (Å²) < 4.78 is 10.7. The minimum Gasteiger partial charge on any atom is -0.445 e. The fraction of sp³-hybridized carbons (Fsp3) is 0.579. The number of rotatable bonds is 5. The summed E-state index contributed by atoms with van der Waals surface area (Å²) in [6.07, 6.45) is 0.865. The highest BCUT2D eigenvalue weighted by atomic mass is 16.6. The van der Waals surface area contributed by atoms with Crippen LogP contribution in [0.5, 0.6) is 0 Å². The summed E-state index contributed by atoms with van der Waals surface area (Å²) in [5.41, 5.74) is 0.409. The Morgan fingerprint density at radius 2 is 1.88 bits per heavy atom. The van der Waals surface area contributed by atoms with E-state index in [2.05, 4.69) is 5.32 Å². The molecule has 0 bridgehead atoms. The van der Waals surface area contributed by atoms with Gasteiger partial charge in [-0.25, -0.2) is 9.59 Å². The van der Waals surface area contributed by atoms with Gasteiger partial charge < -0.3 is 19.7 Å². The van der Waals surface area contributed by atoms with Crippen LogP contribution >= 0.6 is 0 Å². The number of carbonyl (C=O) groups excluding carboxylic acids is 2. The summed E-state index contributed by atoms with van der Waals surface area (Å²) in [7, 11) is 0. The summed E-state index contributed by atoms with van der Waals surface area (Å²) in [5, 5.41) is 2.86. The molecule has 0 aromatic heterocycles. The van der Waals surface area contributed by atoms with Crippen molar-refractivity contribution < 1.29 is 19.1 Å². The van der Waals surface area contributed by atoms with Crippen LogP contribution in [0.3, 0.4) is 0 Å². The zero-order valence-corrected chi connectivity index (χ0v) is 15.5. The monoisotopic (exact) mass is 348 g/mol. The third-order valence-electron chi connectivity index (χ3n) is 4.12. The Labute approximate surface area is 149 Å². The molecule has 25 heavy (non-hydrogen) atoms. The molecule has 1 N–H and O–H groups in total. The number of nitrogens with one attached hydrogen (secondary N) is 1. The standard InChI is InChI=1S/C19H28N2O4/c1-5-21(18(23)24-13-14-9-7-6-8-10-14)16-12-11-15(16)20-17(22)25-19(2,3)4/h6-10,15-16H,5,11-13H2,1-4H3,(H,20,22)/t15-,16-/m0/s1. The molecule has 1 aromatic rings. The summed E-state index contributed by atoms with van der Waals surface area (Å²) in [4.78, 5) is 26.0. The average Bonchev–Trinajstić information content (AvgIpc) is 2.53. The van der Waals surface area contributed by atoms with Gasteiger partial charge in [-0.2, -0.15) is 0 Å². The quantitative estimate of drug-likeness (QED) is 0.881. The molecule has 1 aliphatic rings. The lowest BCUT2D eigenvalue weighted by molar-refractivity contribution is 0.0283. The molecule has 2 rings (SSSR count). The average molecular weight is 348 g/mol. The first kappa shape index (κ1) is 19.1. The van der Waals surface area contributed by atoms with E-state index in [0.717, 1.165) is 18.4 Å². The number of carbonyl (C=O) groups is 2. The van der Waals surface area contributed by atoms with E-state index < -0.39 is 11.7 Å². The van der Waals surface area contributed by atoms with Gasteiger partial charge in [0, 0.05) is 6.54 Å². The van der Waals surface area contributed by atoms with Crippen LogP contribution in [0.15, 0.2) is 30.3 Å². The molecule has 0 spiro atoms. The topological polar surface area (TPSA) is 67.9 Å². The van der Waals surface area contributed by atoms with Gasteiger partial charge in [0.25, 0.3) is 0 Å². The number of nitrogens with zero attached hydrogens (tertiary/aromatic N) is 1. The van der Waals surface area contributed by atoms with Gasteiger partial charge in [-0.15, -0.1) is 0 Å². The molecule has 138 valence electrons. The smallest absolute Gasteiger partial charge is 0.410 e. The Kier molecular flexibility index (Phi) is 6.28. The second-order valence-electron chi connectivity index (χ2n) is 7.22. The van der Waals surface area contributed by atoms with Crippen molar-refractivity contribution in [1.29, 1.82) is 0 Å². The second-order valence-corrected chi connectivity index (χ2v) is 7.22. The first-order valence-electron chi connectivity index (χ1n) is 8.77. The van der Waals surface area contributed by atoms with E-state index >= 15 is 0 Å². The van der Waals surface area contributed by atoms with Gasteiger partial charge in [-0.3, -0.25) is 0 Å². The van der Waals surface area contributed by atoms with E-state index in [4.69, 9.17) is 9.47 Å². The fourth-order valence-corrected chi connectivity index (χ4v) is 2.78. The molecule has 0 aliphatic heterocycles. The predicted molar refractivity (Wildman–Crippen MR) is 95.2 cm³/mol. The van der Waals surface area contributed by atoms with Crippen molar-refractivity contribution in [2.75, 3.05) is 6.54 Å². The van der Waals surface area contributed by atoms with Gasteiger partial charge in [-0.1, -0.05) is 30.3 Å². The second kappa shape index (κ2) is 8.23. The molecule has 6 heteroatoms. The van der Waals surface area contributed by atoms with Gasteiger partial charge in [0.15, 0.2) is 0 Å². The number of benzene rings is 1. The van der Waals surface area contributed by atoms with Gasteiger partial charge in [0.1, 0.15) is 12.2 Å². The maximum atomic E-state index is 12.4. The van der Waals surface area contributed by atoms with Crippen molar-refractivity contribution in [3.05, 3.63) is 35.9 Å². The Hall–Kier alpha value is -2.24. The maximum absolute atomic E-state index is 12.4. The maximum Gasteiger partial charge on any atom is 0.410 e. The number of hydrogen-bond acceptors (Lipinski definition) is 4. The van der Waals surface area contributed by atoms with Gasteiger partial charge >= 0.3 is 12.2 Å². The van der Waals surface area contributed by atoms with E-state index in [-0.39, 0.29) is 24.8 Å². The lowest BCUT2D eigenvalue weighted by Crippen LogP contribution is -2.60. The van der Waals surface area contributed by atoms with Gasteiger partial charge in [0.05, 0.1) is 12.1 Å². The van der Waals surface area contributed by atoms with Crippen LogP contribution in [0.25, 0.3) is 0 Å². The molecule has 0 heterocycles. The molecule has 1 aromatic carbocycles. The lowest BCUT2D eigenvalue weighted by Gasteiger charge is -2.43. The molecular formula is C19H28N2O4. The van der Waals surface area contributed by atoms with E-state index in [9.17, 15) is 9.59 Å². The van der Waals surface area contributed by atoms with Crippen LogP contribution in [-0.2, 0) is 16.1 Å². The molecule has 1 aliphatic carbocycles. The molecule has 0 saturated heterocycles. The lowest BCUT2D eigenvalue weighted by atomic mass is 9.85. The van der Waals surface area contributed by atoms with Crippen molar-refractivity contribution in [2.45, 2.75) is 64.8 Å². The Morgan fingerprint density at radius 3 is 2.40 bits per heavy atom. The van der Waals surface area contributed by atoms with E-state index in [0.29, 0.717) is 6.54 Å². The Bertz CT molecular complexity index is 583. The van der Waals surface area contributed by atoms with E-state index in [1.165, 1.54) is 0 Å². The van der Waals surface area contributed by atoms with Gasteiger partial charge in [-0.05, 0) is 46.1 Å². The van der Waals surface area contributed by atoms with Crippen LogP contribution in [0.4, 0.5) is 9.59 Å². The molecule has 6 nitrogen and oxygen atoms in total. The van der Waals surface area contributed by atoms with Crippen LogP contribution in [0, 0.1) is 0 Å². The van der Waals surface area contributed by atoms with Crippen molar-refractivity contribution in [3.63, 3.8) is 0 Å². The van der Waals surface area contributed by atoms with Crippen LogP contribution in [-0.4, -0.2) is 41.3 Å². The number of amides is 2.